The quantitative estimate of drug-likeness (QED) is 0.912. The van der Waals surface area contributed by atoms with Crippen molar-refractivity contribution in [3.05, 3.63) is 33.8 Å². The molecule has 0 aliphatic heterocycles. The summed E-state index contributed by atoms with van der Waals surface area (Å²) < 4.78 is 0.886. The third kappa shape index (κ3) is 2.50. The van der Waals surface area contributed by atoms with E-state index in [0.717, 1.165) is 10.0 Å². The van der Waals surface area contributed by atoms with E-state index in [-0.39, 0.29) is 11.9 Å². The Morgan fingerprint density at radius 2 is 2.24 bits per heavy atom. The average Bonchev–Trinajstić information content (AvgIpc) is 2.68. The van der Waals surface area contributed by atoms with Crippen LogP contribution in [0.15, 0.2) is 22.7 Å². The summed E-state index contributed by atoms with van der Waals surface area (Å²) in [6.45, 7) is 1.86. The fourth-order valence-corrected chi connectivity index (χ4v) is 1.72. The SMILES string of the molecule is Cc1c(Br)cccc1C(=O)Nc1nnn(C)n1. The number of rotatable bonds is 2. The van der Waals surface area contributed by atoms with Crippen LogP contribution in [0.4, 0.5) is 5.95 Å². The standard InChI is InChI=1S/C10H10BrN5O/c1-6-7(4-3-5-8(6)11)9(17)12-10-13-15-16(2)14-10/h3-5H,1-2H3,(H,12,14,17). The van der Waals surface area contributed by atoms with Gasteiger partial charge in [-0.2, -0.15) is 4.80 Å². The van der Waals surface area contributed by atoms with Crippen LogP contribution in [0.3, 0.4) is 0 Å². The fraction of sp³-hybridized carbons (Fsp3) is 0.200. The molecule has 0 aliphatic rings. The van der Waals surface area contributed by atoms with Crippen molar-refractivity contribution in [2.24, 2.45) is 7.05 Å². The second kappa shape index (κ2) is 4.62. The van der Waals surface area contributed by atoms with E-state index >= 15 is 0 Å². The van der Waals surface area contributed by atoms with Gasteiger partial charge in [0.1, 0.15) is 0 Å². The number of aromatic nitrogens is 4. The van der Waals surface area contributed by atoms with Gasteiger partial charge < -0.3 is 0 Å². The molecule has 1 amide bonds. The summed E-state index contributed by atoms with van der Waals surface area (Å²) in [6, 6.07) is 5.43. The van der Waals surface area contributed by atoms with Crippen LogP contribution in [0.2, 0.25) is 0 Å². The van der Waals surface area contributed by atoms with E-state index in [1.54, 1.807) is 19.2 Å². The van der Waals surface area contributed by atoms with E-state index in [1.807, 2.05) is 13.0 Å². The van der Waals surface area contributed by atoms with E-state index in [4.69, 9.17) is 0 Å². The highest BCUT2D eigenvalue weighted by atomic mass is 79.9. The first-order valence-electron chi connectivity index (χ1n) is 4.88. The average molecular weight is 296 g/mol. The lowest BCUT2D eigenvalue weighted by Gasteiger charge is -2.05. The summed E-state index contributed by atoms with van der Waals surface area (Å²) in [7, 11) is 1.63. The van der Waals surface area contributed by atoms with Crippen LogP contribution in [0.5, 0.6) is 0 Å². The summed E-state index contributed by atoms with van der Waals surface area (Å²) in [6.07, 6.45) is 0. The zero-order valence-electron chi connectivity index (χ0n) is 9.31. The Morgan fingerprint density at radius 3 is 2.88 bits per heavy atom. The monoisotopic (exact) mass is 295 g/mol. The Balaban J connectivity index is 2.23. The van der Waals surface area contributed by atoms with Gasteiger partial charge >= 0.3 is 0 Å². The molecule has 1 heterocycles. The minimum Gasteiger partial charge on any atom is -0.288 e. The molecule has 6 nitrogen and oxygen atoms in total. The van der Waals surface area contributed by atoms with Crippen molar-refractivity contribution < 1.29 is 4.79 Å². The lowest BCUT2D eigenvalue weighted by atomic mass is 10.1. The van der Waals surface area contributed by atoms with Crippen molar-refractivity contribution in [2.75, 3.05) is 5.32 Å². The van der Waals surface area contributed by atoms with E-state index in [0.29, 0.717) is 5.56 Å². The molecule has 0 saturated heterocycles. The molecular formula is C10H10BrN5O. The van der Waals surface area contributed by atoms with E-state index in [9.17, 15) is 4.79 Å². The third-order valence-corrected chi connectivity index (χ3v) is 3.11. The van der Waals surface area contributed by atoms with Crippen molar-refractivity contribution in [3.8, 4) is 0 Å². The molecule has 1 aromatic heterocycles. The van der Waals surface area contributed by atoms with Gasteiger partial charge in [0.15, 0.2) is 0 Å². The van der Waals surface area contributed by atoms with Crippen LogP contribution in [-0.2, 0) is 7.05 Å². The molecule has 0 aliphatic carbocycles. The van der Waals surface area contributed by atoms with Crippen molar-refractivity contribution in [2.45, 2.75) is 6.92 Å². The normalized spacial score (nSPS) is 10.3. The van der Waals surface area contributed by atoms with Gasteiger partial charge in [-0.05, 0) is 29.8 Å². The number of amides is 1. The number of aryl methyl sites for hydroxylation is 1. The number of tetrazole rings is 1. The summed E-state index contributed by atoms with van der Waals surface area (Å²) in [4.78, 5) is 13.2. The maximum Gasteiger partial charge on any atom is 0.270 e. The lowest BCUT2D eigenvalue weighted by Crippen LogP contribution is -2.14. The first-order valence-corrected chi connectivity index (χ1v) is 5.67. The maximum atomic E-state index is 11.9. The molecular weight excluding hydrogens is 286 g/mol. The van der Waals surface area contributed by atoms with Gasteiger partial charge in [0.25, 0.3) is 11.9 Å². The van der Waals surface area contributed by atoms with Gasteiger partial charge in [-0.15, -0.1) is 5.10 Å². The molecule has 0 saturated carbocycles. The first kappa shape index (κ1) is 11.7. The summed E-state index contributed by atoms with van der Waals surface area (Å²) in [5, 5.41) is 13.8. The predicted octanol–water partition coefficient (Wildman–Crippen LogP) is 1.53. The molecule has 1 N–H and O–H groups in total. The van der Waals surface area contributed by atoms with Gasteiger partial charge in [0.2, 0.25) is 0 Å². The molecule has 2 aromatic rings. The number of nitrogens with zero attached hydrogens (tertiary/aromatic N) is 4. The molecule has 0 bridgehead atoms. The maximum absolute atomic E-state index is 11.9. The lowest BCUT2D eigenvalue weighted by molar-refractivity contribution is 0.102. The summed E-state index contributed by atoms with van der Waals surface area (Å²) in [5.74, 6) is -0.0614. The number of benzene rings is 1. The molecule has 17 heavy (non-hydrogen) atoms. The Hall–Kier alpha value is -1.76. The van der Waals surface area contributed by atoms with Crippen LogP contribution in [0.1, 0.15) is 15.9 Å². The summed E-state index contributed by atoms with van der Waals surface area (Å²) in [5.41, 5.74) is 1.45. The van der Waals surface area contributed by atoms with Crippen molar-refractivity contribution in [1.82, 2.24) is 20.2 Å². The minimum atomic E-state index is -0.253. The zero-order chi connectivity index (χ0) is 12.4. The minimum absolute atomic E-state index is 0.192. The molecule has 88 valence electrons. The van der Waals surface area contributed by atoms with Crippen LogP contribution in [-0.4, -0.2) is 26.1 Å². The van der Waals surface area contributed by atoms with Crippen LogP contribution >= 0.6 is 15.9 Å². The Labute approximate surface area is 106 Å². The highest BCUT2D eigenvalue weighted by molar-refractivity contribution is 9.10. The topological polar surface area (TPSA) is 72.7 Å². The molecule has 0 unspecified atom stereocenters. The number of hydrogen-bond donors (Lipinski definition) is 1. The van der Waals surface area contributed by atoms with Gasteiger partial charge in [0.05, 0.1) is 7.05 Å². The van der Waals surface area contributed by atoms with Gasteiger partial charge in [-0.1, -0.05) is 27.1 Å². The van der Waals surface area contributed by atoms with Crippen LogP contribution in [0, 0.1) is 6.92 Å². The fourth-order valence-electron chi connectivity index (χ4n) is 1.36. The highest BCUT2D eigenvalue weighted by Crippen LogP contribution is 2.19. The molecule has 0 radical (unpaired) electrons. The second-order valence-electron chi connectivity index (χ2n) is 3.47. The smallest absolute Gasteiger partial charge is 0.270 e. The second-order valence-corrected chi connectivity index (χ2v) is 4.32. The molecule has 0 fully saturated rings. The Bertz CT molecular complexity index is 566. The van der Waals surface area contributed by atoms with Crippen LogP contribution < -0.4 is 5.32 Å². The zero-order valence-corrected chi connectivity index (χ0v) is 10.9. The first-order chi connectivity index (χ1) is 8.08. The van der Waals surface area contributed by atoms with Crippen molar-refractivity contribution >= 4 is 27.8 Å². The van der Waals surface area contributed by atoms with Gasteiger partial charge in [-0.3, -0.25) is 10.1 Å². The largest absolute Gasteiger partial charge is 0.288 e. The Kier molecular flexibility index (Phi) is 3.19. The van der Waals surface area contributed by atoms with Gasteiger partial charge in [-0.25, -0.2) is 0 Å². The van der Waals surface area contributed by atoms with E-state index in [1.165, 1.54) is 4.80 Å². The van der Waals surface area contributed by atoms with E-state index in [2.05, 4.69) is 36.7 Å². The summed E-state index contributed by atoms with van der Waals surface area (Å²) >= 11 is 3.38. The number of halogens is 1. The molecule has 1 aromatic carbocycles. The molecule has 7 heteroatoms. The number of carbonyl (C=O) groups is 1. The van der Waals surface area contributed by atoms with Gasteiger partial charge in [0, 0.05) is 10.0 Å². The number of hydrogen-bond acceptors (Lipinski definition) is 4. The Morgan fingerprint density at radius 1 is 1.47 bits per heavy atom. The number of nitrogens with one attached hydrogen (secondary N) is 1. The van der Waals surface area contributed by atoms with Crippen molar-refractivity contribution in [1.29, 1.82) is 0 Å². The molecule has 0 atom stereocenters. The molecule has 0 spiro atoms. The number of anilines is 1. The highest BCUT2D eigenvalue weighted by Gasteiger charge is 2.12. The van der Waals surface area contributed by atoms with Crippen LogP contribution in [0.25, 0.3) is 0 Å². The van der Waals surface area contributed by atoms with E-state index < -0.39 is 0 Å². The predicted molar refractivity (Wildman–Crippen MR) is 65.6 cm³/mol. The third-order valence-electron chi connectivity index (χ3n) is 2.25. The van der Waals surface area contributed by atoms with Crippen molar-refractivity contribution in [3.63, 3.8) is 0 Å². The molecule has 2 rings (SSSR count). The number of carbonyl (C=O) groups excluding carboxylic acids is 1.